The largest absolute Gasteiger partial charge is 0.295 e. The van der Waals surface area contributed by atoms with Gasteiger partial charge in [-0.3, -0.25) is 4.57 Å². The number of halogens is 2. The molecule has 0 atom stereocenters. The van der Waals surface area contributed by atoms with E-state index in [-0.39, 0.29) is 5.88 Å². The van der Waals surface area contributed by atoms with Gasteiger partial charge < -0.3 is 0 Å². The number of aryl methyl sites for hydroxylation is 1. The van der Waals surface area contributed by atoms with Crippen LogP contribution >= 0.6 is 23.2 Å². The van der Waals surface area contributed by atoms with E-state index in [4.69, 9.17) is 23.2 Å². The summed E-state index contributed by atoms with van der Waals surface area (Å²) < 4.78 is 1.94. The Morgan fingerprint density at radius 3 is 2.76 bits per heavy atom. The summed E-state index contributed by atoms with van der Waals surface area (Å²) in [4.78, 5) is 4.50. The molecule has 0 saturated heterocycles. The predicted octanol–water partition coefficient (Wildman–Crippen LogP) is 4.60. The zero-order valence-electron chi connectivity index (χ0n) is 11.3. The molecule has 3 aromatic rings. The normalized spacial score (nSPS) is 10.8. The van der Waals surface area contributed by atoms with Gasteiger partial charge >= 0.3 is 0 Å². The summed E-state index contributed by atoms with van der Waals surface area (Å²) in [7, 11) is 0. The number of rotatable bonds is 2. The Morgan fingerprint density at radius 2 is 2.10 bits per heavy atom. The standard InChI is InChI=1S/C16H11Cl2N3/c1-10-5-6-12(7-13(10)18)21-14-4-2-3-11(9-19)16(14)20-15(21)8-17/h2-7H,8H2,1H3. The molecule has 0 bridgehead atoms. The molecule has 104 valence electrons. The fraction of sp³-hybridized carbons (Fsp3) is 0.125. The van der Waals surface area contributed by atoms with Crippen molar-refractivity contribution in [3.05, 3.63) is 58.4 Å². The molecule has 0 spiro atoms. The summed E-state index contributed by atoms with van der Waals surface area (Å²) in [5, 5.41) is 9.89. The van der Waals surface area contributed by atoms with E-state index < -0.39 is 0 Å². The van der Waals surface area contributed by atoms with Crippen molar-refractivity contribution >= 4 is 34.2 Å². The minimum Gasteiger partial charge on any atom is -0.295 e. The van der Waals surface area contributed by atoms with Gasteiger partial charge in [0.05, 0.1) is 17.0 Å². The highest BCUT2D eigenvalue weighted by Gasteiger charge is 2.14. The summed E-state index contributed by atoms with van der Waals surface area (Å²) in [6.07, 6.45) is 0. The van der Waals surface area contributed by atoms with Crippen molar-refractivity contribution in [2.75, 3.05) is 0 Å². The van der Waals surface area contributed by atoms with E-state index in [0.29, 0.717) is 21.9 Å². The Morgan fingerprint density at radius 1 is 1.29 bits per heavy atom. The summed E-state index contributed by atoms with van der Waals surface area (Å²) in [6, 6.07) is 13.5. The maximum atomic E-state index is 9.21. The van der Waals surface area contributed by atoms with Crippen LogP contribution in [0, 0.1) is 18.3 Å². The second-order valence-electron chi connectivity index (χ2n) is 4.72. The van der Waals surface area contributed by atoms with Crippen LogP contribution in [0.5, 0.6) is 0 Å². The van der Waals surface area contributed by atoms with Crippen LogP contribution < -0.4 is 0 Å². The molecular formula is C16H11Cl2N3. The third-order valence-electron chi connectivity index (χ3n) is 3.41. The minimum absolute atomic E-state index is 0.255. The second kappa shape index (κ2) is 5.40. The van der Waals surface area contributed by atoms with Crippen LogP contribution in [0.4, 0.5) is 0 Å². The molecule has 1 aromatic heterocycles. The number of imidazole rings is 1. The van der Waals surface area contributed by atoms with Crippen molar-refractivity contribution in [1.82, 2.24) is 9.55 Å². The molecule has 5 heteroatoms. The highest BCUT2D eigenvalue weighted by Crippen LogP contribution is 2.27. The van der Waals surface area contributed by atoms with Crippen LogP contribution in [0.3, 0.4) is 0 Å². The molecule has 1 heterocycles. The van der Waals surface area contributed by atoms with Crippen molar-refractivity contribution < 1.29 is 0 Å². The van der Waals surface area contributed by atoms with E-state index in [2.05, 4.69) is 11.1 Å². The summed E-state index contributed by atoms with van der Waals surface area (Å²) in [6.45, 7) is 1.95. The quantitative estimate of drug-likeness (QED) is 0.648. The molecule has 2 aromatic carbocycles. The van der Waals surface area contributed by atoms with Gasteiger partial charge in [-0.2, -0.15) is 5.26 Å². The number of nitrogens with zero attached hydrogens (tertiary/aromatic N) is 3. The lowest BCUT2D eigenvalue weighted by molar-refractivity contribution is 0.981. The molecule has 0 fully saturated rings. The van der Waals surface area contributed by atoms with Gasteiger partial charge in [-0.25, -0.2) is 4.98 Å². The Hall–Kier alpha value is -2.02. The van der Waals surface area contributed by atoms with Gasteiger partial charge in [0.2, 0.25) is 0 Å². The zero-order chi connectivity index (χ0) is 15.0. The number of benzene rings is 2. The van der Waals surface area contributed by atoms with Gasteiger partial charge in [0, 0.05) is 10.7 Å². The van der Waals surface area contributed by atoms with Gasteiger partial charge in [0.15, 0.2) is 0 Å². The van der Waals surface area contributed by atoms with E-state index in [1.165, 1.54) is 0 Å². The molecule has 0 saturated carbocycles. The molecule has 3 nitrogen and oxygen atoms in total. The number of aromatic nitrogens is 2. The summed E-state index contributed by atoms with van der Waals surface area (Å²) >= 11 is 12.2. The van der Waals surface area contributed by atoms with Crippen molar-refractivity contribution in [1.29, 1.82) is 5.26 Å². The Bertz CT molecular complexity index is 875. The van der Waals surface area contributed by atoms with E-state index in [1.807, 2.05) is 41.8 Å². The Balaban J connectivity index is 2.35. The Labute approximate surface area is 132 Å². The number of fused-ring (bicyclic) bond motifs is 1. The van der Waals surface area contributed by atoms with Crippen molar-refractivity contribution in [3.63, 3.8) is 0 Å². The molecule has 0 unspecified atom stereocenters. The van der Waals surface area contributed by atoms with Gasteiger partial charge in [0.1, 0.15) is 17.4 Å². The van der Waals surface area contributed by atoms with Crippen LogP contribution in [0.25, 0.3) is 16.7 Å². The monoisotopic (exact) mass is 315 g/mol. The molecule has 0 N–H and O–H groups in total. The first-order chi connectivity index (χ1) is 10.2. The van der Waals surface area contributed by atoms with E-state index in [9.17, 15) is 5.26 Å². The average molecular weight is 316 g/mol. The SMILES string of the molecule is Cc1ccc(-n2c(CCl)nc3c(C#N)cccc32)cc1Cl. The highest BCUT2D eigenvalue weighted by molar-refractivity contribution is 6.31. The van der Waals surface area contributed by atoms with E-state index in [0.717, 1.165) is 16.8 Å². The summed E-state index contributed by atoms with van der Waals surface area (Å²) in [5.41, 5.74) is 3.95. The average Bonchev–Trinajstić information content (AvgIpc) is 2.88. The molecule has 0 radical (unpaired) electrons. The second-order valence-corrected chi connectivity index (χ2v) is 5.39. The smallest absolute Gasteiger partial charge is 0.129 e. The van der Waals surface area contributed by atoms with E-state index in [1.54, 1.807) is 6.07 Å². The third-order valence-corrected chi connectivity index (χ3v) is 4.05. The zero-order valence-corrected chi connectivity index (χ0v) is 12.8. The lowest BCUT2D eigenvalue weighted by Crippen LogP contribution is -1.99. The lowest BCUT2D eigenvalue weighted by atomic mass is 10.2. The summed E-state index contributed by atoms with van der Waals surface area (Å²) in [5.74, 6) is 0.944. The predicted molar refractivity (Wildman–Crippen MR) is 85.1 cm³/mol. The minimum atomic E-state index is 0.255. The lowest BCUT2D eigenvalue weighted by Gasteiger charge is -2.09. The van der Waals surface area contributed by atoms with Crippen molar-refractivity contribution in [2.45, 2.75) is 12.8 Å². The first-order valence-corrected chi connectivity index (χ1v) is 7.30. The molecule has 0 amide bonds. The van der Waals surface area contributed by atoms with Crippen molar-refractivity contribution in [2.24, 2.45) is 0 Å². The molecule has 0 aliphatic carbocycles. The maximum Gasteiger partial charge on any atom is 0.129 e. The van der Waals surface area contributed by atoms with E-state index >= 15 is 0 Å². The highest BCUT2D eigenvalue weighted by atomic mass is 35.5. The number of nitriles is 1. The molecule has 0 aliphatic rings. The van der Waals surface area contributed by atoms with Crippen LogP contribution in [0.15, 0.2) is 36.4 Å². The van der Waals surface area contributed by atoms with Crippen LogP contribution in [-0.4, -0.2) is 9.55 Å². The van der Waals surface area contributed by atoms with Gasteiger partial charge in [-0.15, -0.1) is 11.6 Å². The first kappa shape index (κ1) is 13.9. The van der Waals surface area contributed by atoms with Gasteiger partial charge in [-0.1, -0.05) is 23.7 Å². The first-order valence-electron chi connectivity index (χ1n) is 6.38. The fourth-order valence-corrected chi connectivity index (χ4v) is 2.69. The number of alkyl halides is 1. The molecule has 21 heavy (non-hydrogen) atoms. The molecule has 0 aliphatic heterocycles. The Kier molecular flexibility index (Phi) is 3.59. The molecule has 3 rings (SSSR count). The van der Waals surface area contributed by atoms with Gasteiger partial charge in [-0.05, 0) is 36.8 Å². The van der Waals surface area contributed by atoms with Crippen molar-refractivity contribution in [3.8, 4) is 11.8 Å². The van der Waals surface area contributed by atoms with Crippen LogP contribution in [0.1, 0.15) is 17.0 Å². The third kappa shape index (κ3) is 2.27. The molecular weight excluding hydrogens is 305 g/mol. The number of para-hydroxylation sites is 1. The van der Waals surface area contributed by atoms with Crippen LogP contribution in [0.2, 0.25) is 5.02 Å². The fourth-order valence-electron chi connectivity index (χ4n) is 2.34. The van der Waals surface area contributed by atoms with Crippen LogP contribution in [-0.2, 0) is 5.88 Å². The number of hydrogen-bond acceptors (Lipinski definition) is 2. The topological polar surface area (TPSA) is 41.6 Å². The number of hydrogen-bond donors (Lipinski definition) is 0. The maximum absolute atomic E-state index is 9.21. The van der Waals surface area contributed by atoms with Gasteiger partial charge in [0.25, 0.3) is 0 Å².